The Labute approximate surface area is 152 Å². The number of anilines is 1. The molecule has 3 rings (SSSR count). The molecule has 0 aliphatic carbocycles. The van der Waals surface area contributed by atoms with Gasteiger partial charge in [-0.15, -0.1) is 0 Å². The lowest BCUT2D eigenvalue weighted by atomic mass is 10.2. The van der Waals surface area contributed by atoms with Crippen molar-refractivity contribution in [3.63, 3.8) is 0 Å². The Kier molecular flexibility index (Phi) is 5.39. The van der Waals surface area contributed by atoms with Crippen LogP contribution in [0.3, 0.4) is 0 Å². The molecule has 2 heterocycles. The Balaban J connectivity index is 1.63. The zero-order chi connectivity index (χ0) is 18.4. The summed E-state index contributed by atoms with van der Waals surface area (Å²) in [7, 11) is 0. The van der Waals surface area contributed by atoms with E-state index in [2.05, 4.69) is 15.3 Å². The second kappa shape index (κ2) is 8.07. The van der Waals surface area contributed by atoms with Crippen LogP contribution in [0.2, 0.25) is 0 Å². The summed E-state index contributed by atoms with van der Waals surface area (Å²) in [6.07, 6.45) is 8.30. The lowest BCUT2D eigenvalue weighted by molar-refractivity contribution is -0.111. The number of carbonyl (C=O) groups is 1. The zero-order valence-corrected chi connectivity index (χ0v) is 14.6. The molecule has 0 fully saturated rings. The van der Waals surface area contributed by atoms with E-state index < -0.39 is 0 Å². The van der Waals surface area contributed by atoms with Crippen molar-refractivity contribution >= 4 is 17.7 Å². The van der Waals surface area contributed by atoms with Crippen molar-refractivity contribution in [1.29, 1.82) is 0 Å². The first-order valence-corrected chi connectivity index (χ1v) is 8.20. The van der Waals surface area contributed by atoms with Crippen molar-refractivity contribution in [2.75, 3.05) is 5.32 Å². The van der Waals surface area contributed by atoms with Crippen molar-refractivity contribution in [2.24, 2.45) is 0 Å². The monoisotopic (exact) mass is 345 g/mol. The van der Waals surface area contributed by atoms with Crippen LogP contribution in [0.4, 0.5) is 5.69 Å². The number of ether oxygens (including phenoxy) is 1. The average Bonchev–Trinajstić information content (AvgIpc) is 2.64. The Hall–Kier alpha value is -3.47. The molecule has 0 bridgehead atoms. The fourth-order valence-corrected chi connectivity index (χ4v) is 2.31. The number of aromatic nitrogens is 2. The molecule has 0 aliphatic heterocycles. The van der Waals surface area contributed by atoms with Gasteiger partial charge in [0.1, 0.15) is 11.5 Å². The molecule has 5 nitrogen and oxygen atoms in total. The number of hydrogen-bond acceptors (Lipinski definition) is 4. The van der Waals surface area contributed by atoms with E-state index in [-0.39, 0.29) is 5.91 Å². The molecule has 26 heavy (non-hydrogen) atoms. The van der Waals surface area contributed by atoms with Gasteiger partial charge in [0.15, 0.2) is 0 Å². The van der Waals surface area contributed by atoms with E-state index in [1.165, 1.54) is 6.08 Å². The van der Waals surface area contributed by atoms with Crippen molar-refractivity contribution in [1.82, 2.24) is 9.97 Å². The largest absolute Gasteiger partial charge is 0.457 e. The zero-order valence-electron chi connectivity index (χ0n) is 14.6. The summed E-state index contributed by atoms with van der Waals surface area (Å²) in [4.78, 5) is 20.2. The summed E-state index contributed by atoms with van der Waals surface area (Å²) in [5, 5.41) is 2.84. The van der Waals surface area contributed by atoms with Gasteiger partial charge in [-0.2, -0.15) is 0 Å². The molecule has 1 N–H and O–H groups in total. The van der Waals surface area contributed by atoms with Crippen LogP contribution in [-0.2, 0) is 4.79 Å². The molecule has 5 heteroatoms. The molecule has 0 saturated heterocycles. The van der Waals surface area contributed by atoms with E-state index in [9.17, 15) is 4.79 Å². The maximum absolute atomic E-state index is 12.1. The van der Waals surface area contributed by atoms with Gasteiger partial charge in [0.2, 0.25) is 5.91 Å². The number of amides is 1. The van der Waals surface area contributed by atoms with E-state index in [0.717, 1.165) is 28.3 Å². The van der Waals surface area contributed by atoms with Gasteiger partial charge in [0.05, 0.1) is 0 Å². The molecule has 0 spiro atoms. The summed E-state index contributed by atoms with van der Waals surface area (Å²) in [6, 6.07) is 12.9. The van der Waals surface area contributed by atoms with Gasteiger partial charge in [0.25, 0.3) is 0 Å². The number of hydrogen-bond donors (Lipinski definition) is 1. The van der Waals surface area contributed by atoms with Crippen molar-refractivity contribution < 1.29 is 9.53 Å². The molecule has 0 saturated carbocycles. The highest BCUT2D eigenvalue weighted by Crippen LogP contribution is 2.26. The minimum absolute atomic E-state index is 0.201. The summed E-state index contributed by atoms with van der Waals surface area (Å²) >= 11 is 0. The van der Waals surface area contributed by atoms with E-state index in [1.807, 2.05) is 44.2 Å². The van der Waals surface area contributed by atoms with Gasteiger partial charge in [0, 0.05) is 36.0 Å². The van der Waals surface area contributed by atoms with Gasteiger partial charge >= 0.3 is 0 Å². The maximum Gasteiger partial charge on any atom is 0.248 e. The number of pyridine rings is 2. The Morgan fingerprint density at radius 2 is 1.88 bits per heavy atom. The lowest BCUT2D eigenvalue weighted by Gasteiger charge is -2.10. The van der Waals surface area contributed by atoms with Gasteiger partial charge in [-0.25, -0.2) is 0 Å². The molecular formula is C21H19N3O2. The molecule has 2 aromatic heterocycles. The standard InChI is InChI=1S/C21H19N3O2/c1-15-13-18(6-7-20(15)26-19-9-11-22-12-10-19)24-21(25)8-5-17-4-3-16(2)23-14-17/h3-14H,1-2H3,(H,24,25)/b8-5+. The smallest absolute Gasteiger partial charge is 0.248 e. The first-order valence-electron chi connectivity index (χ1n) is 8.20. The number of aryl methyl sites for hydroxylation is 2. The van der Waals surface area contributed by atoms with Gasteiger partial charge in [-0.1, -0.05) is 6.07 Å². The van der Waals surface area contributed by atoms with Crippen molar-refractivity contribution in [3.05, 3.63) is 84.0 Å². The first-order chi connectivity index (χ1) is 12.6. The quantitative estimate of drug-likeness (QED) is 0.690. The Bertz CT molecular complexity index is 920. The second-order valence-corrected chi connectivity index (χ2v) is 5.82. The van der Waals surface area contributed by atoms with Crippen LogP contribution in [0.15, 0.2) is 67.1 Å². The molecule has 0 atom stereocenters. The molecule has 1 amide bonds. The predicted octanol–water partition coefficient (Wildman–Crippen LogP) is 4.54. The Morgan fingerprint density at radius 1 is 1.08 bits per heavy atom. The third-order valence-corrected chi connectivity index (χ3v) is 3.68. The third-order valence-electron chi connectivity index (χ3n) is 3.68. The minimum Gasteiger partial charge on any atom is -0.457 e. The van der Waals surface area contributed by atoms with Crippen LogP contribution < -0.4 is 10.1 Å². The number of nitrogens with zero attached hydrogens (tertiary/aromatic N) is 2. The Morgan fingerprint density at radius 3 is 2.58 bits per heavy atom. The third kappa shape index (κ3) is 4.77. The van der Waals surface area contributed by atoms with Gasteiger partial charge in [-0.05, 0) is 67.4 Å². The molecule has 0 unspecified atom stereocenters. The maximum atomic E-state index is 12.1. The molecular weight excluding hydrogens is 326 g/mol. The fraction of sp³-hybridized carbons (Fsp3) is 0.0952. The molecule has 130 valence electrons. The van der Waals surface area contributed by atoms with E-state index >= 15 is 0 Å². The normalized spacial score (nSPS) is 10.7. The summed E-state index contributed by atoms with van der Waals surface area (Å²) in [5.41, 5.74) is 3.45. The predicted molar refractivity (Wildman–Crippen MR) is 102 cm³/mol. The highest BCUT2D eigenvalue weighted by Gasteiger charge is 2.04. The van der Waals surface area contributed by atoms with Gasteiger partial charge < -0.3 is 10.1 Å². The summed E-state index contributed by atoms with van der Waals surface area (Å²) < 4.78 is 5.81. The van der Waals surface area contributed by atoms with Crippen LogP contribution >= 0.6 is 0 Å². The lowest BCUT2D eigenvalue weighted by Crippen LogP contribution is -2.07. The molecule has 0 radical (unpaired) electrons. The topological polar surface area (TPSA) is 64.1 Å². The molecule has 1 aromatic carbocycles. The van der Waals surface area contributed by atoms with Gasteiger partial charge in [-0.3, -0.25) is 14.8 Å². The fourth-order valence-electron chi connectivity index (χ4n) is 2.31. The molecule has 3 aromatic rings. The van der Waals surface area contributed by atoms with E-state index in [4.69, 9.17) is 4.74 Å². The number of carbonyl (C=O) groups excluding carboxylic acids is 1. The SMILES string of the molecule is Cc1ccc(/C=C/C(=O)Nc2ccc(Oc3ccncc3)c(C)c2)cn1. The van der Waals surface area contributed by atoms with Crippen LogP contribution in [0.5, 0.6) is 11.5 Å². The van der Waals surface area contributed by atoms with Crippen LogP contribution in [0, 0.1) is 13.8 Å². The number of rotatable bonds is 5. The second-order valence-electron chi connectivity index (χ2n) is 5.82. The van der Waals surface area contributed by atoms with Crippen LogP contribution in [-0.4, -0.2) is 15.9 Å². The number of nitrogens with one attached hydrogen (secondary N) is 1. The summed E-state index contributed by atoms with van der Waals surface area (Å²) in [5.74, 6) is 1.25. The average molecular weight is 345 g/mol. The molecule has 0 aliphatic rings. The van der Waals surface area contributed by atoms with Crippen LogP contribution in [0.1, 0.15) is 16.8 Å². The highest BCUT2D eigenvalue weighted by atomic mass is 16.5. The van der Waals surface area contributed by atoms with Crippen molar-refractivity contribution in [2.45, 2.75) is 13.8 Å². The first kappa shape index (κ1) is 17.4. The van der Waals surface area contributed by atoms with E-state index in [0.29, 0.717) is 5.69 Å². The van der Waals surface area contributed by atoms with E-state index in [1.54, 1.807) is 36.8 Å². The summed E-state index contributed by atoms with van der Waals surface area (Å²) in [6.45, 7) is 3.85. The number of benzene rings is 1. The highest BCUT2D eigenvalue weighted by molar-refractivity contribution is 6.02. The minimum atomic E-state index is -0.201. The van der Waals surface area contributed by atoms with Crippen LogP contribution in [0.25, 0.3) is 6.08 Å². The van der Waals surface area contributed by atoms with Crippen molar-refractivity contribution in [3.8, 4) is 11.5 Å².